The molecule has 0 saturated heterocycles. The molecule has 1 amide bonds. The number of amides is 1. The second-order valence-electron chi connectivity index (χ2n) is 7.89. The van der Waals surface area contributed by atoms with Crippen molar-refractivity contribution in [3.63, 3.8) is 0 Å². The molecule has 1 unspecified atom stereocenters. The summed E-state index contributed by atoms with van der Waals surface area (Å²) in [6.07, 6.45) is -0.0448. The van der Waals surface area contributed by atoms with E-state index in [1.54, 1.807) is 38.3 Å². The summed E-state index contributed by atoms with van der Waals surface area (Å²) < 4.78 is 10.9. The first-order valence-electron chi connectivity index (χ1n) is 10.6. The third kappa shape index (κ3) is 4.74. The van der Waals surface area contributed by atoms with Gasteiger partial charge in [-0.2, -0.15) is 0 Å². The minimum Gasteiger partial charge on any atom is -0.502 e. The van der Waals surface area contributed by atoms with Crippen LogP contribution in [-0.4, -0.2) is 28.1 Å². The zero-order valence-electron chi connectivity index (χ0n) is 18.6. The maximum atomic E-state index is 13.0. The molecule has 0 fully saturated rings. The van der Waals surface area contributed by atoms with E-state index in [9.17, 15) is 14.7 Å². The summed E-state index contributed by atoms with van der Waals surface area (Å²) in [5.41, 5.74) is 1.85. The number of fused-ring (bicyclic) bond motifs is 1. The van der Waals surface area contributed by atoms with Gasteiger partial charge in [-0.3, -0.25) is 9.59 Å². The summed E-state index contributed by atoms with van der Waals surface area (Å²) in [6.45, 7) is 3.46. The summed E-state index contributed by atoms with van der Waals surface area (Å²) in [4.78, 5) is 33.0. The van der Waals surface area contributed by atoms with Crippen molar-refractivity contribution >= 4 is 16.9 Å². The van der Waals surface area contributed by atoms with Crippen LogP contribution in [0.4, 0.5) is 0 Å². The van der Waals surface area contributed by atoms with Gasteiger partial charge < -0.3 is 24.6 Å². The number of nitrogens with one attached hydrogen (secondary N) is 2. The van der Waals surface area contributed by atoms with Crippen molar-refractivity contribution in [2.45, 2.75) is 32.2 Å². The van der Waals surface area contributed by atoms with E-state index < -0.39 is 17.1 Å². The van der Waals surface area contributed by atoms with Gasteiger partial charge in [0.1, 0.15) is 17.3 Å². The standard InChI is InChI=1S/C25H25N3O5/c1-14-12-21(29)23(31)24(33-14)18(16-8-10-17(32-3)11-9-16)13-22(30)26-15(2)25-27-19-6-4-5-7-20(19)28-25/h4-12,15,18,31H,13H2,1-3H3,(H,26,30)(H,27,28)/t15-,18?/m0/s1. The molecule has 0 aliphatic rings. The molecule has 0 radical (unpaired) electrons. The first kappa shape index (κ1) is 22.1. The van der Waals surface area contributed by atoms with E-state index in [1.807, 2.05) is 31.2 Å². The van der Waals surface area contributed by atoms with E-state index in [0.717, 1.165) is 11.0 Å². The number of aryl methyl sites for hydroxylation is 1. The highest BCUT2D eigenvalue weighted by atomic mass is 16.5. The average Bonchev–Trinajstić information content (AvgIpc) is 3.25. The molecule has 0 aliphatic heterocycles. The monoisotopic (exact) mass is 447 g/mol. The second-order valence-corrected chi connectivity index (χ2v) is 7.89. The molecular weight excluding hydrogens is 422 g/mol. The van der Waals surface area contributed by atoms with Crippen molar-refractivity contribution in [2.75, 3.05) is 7.11 Å². The number of aromatic amines is 1. The largest absolute Gasteiger partial charge is 0.502 e. The van der Waals surface area contributed by atoms with Crippen molar-refractivity contribution in [1.82, 2.24) is 15.3 Å². The number of imidazole rings is 1. The van der Waals surface area contributed by atoms with Crippen LogP contribution < -0.4 is 15.5 Å². The average molecular weight is 447 g/mol. The number of aromatic hydroxyl groups is 1. The Morgan fingerprint density at radius 2 is 1.94 bits per heavy atom. The molecule has 4 rings (SSSR count). The third-order valence-electron chi connectivity index (χ3n) is 5.49. The molecule has 0 saturated carbocycles. The minimum atomic E-state index is -0.675. The lowest BCUT2D eigenvalue weighted by molar-refractivity contribution is -0.122. The van der Waals surface area contributed by atoms with E-state index in [1.165, 1.54) is 6.07 Å². The molecule has 8 heteroatoms. The van der Waals surface area contributed by atoms with Gasteiger partial charge in [0.05, 0.1) is 30.1 Å². The highest BCUT2D eigenvalue weighted by Crippen LogP contribution is 2.34. The predicted molar refractivity (Wildman–Crippen MR) is 123 cm³/mol. The Bertz CT molecular complexity index is 1310. The Kier molecular flexibility index (Phi) is 6.17. The summed E-state index contributed by atoms with van der Waals surface area (Å²) in [7, 11) is 1.56. The fourth-order valence-electron chi connectivity index (χ4n) is 3.79. The molecule has 33 heavy (non-hydrogen) atoms. The van der Waals surface area contributed by atoms with Crippen LogP contribution in [0.15, 0.2) is 63.8 Å². The van der Waals surface area contributed by atoms with Gasteiger partial charge in [0.25, 0.3) is 0 Å². The van der Waals surface area contributed by atoms with Crippen LogP contribution in [0.25, 0.3) is 11.0 Å². The third-order valence-corrected chi connectivity index (χ3v) is 5.49. The Morgan fingerprint density at radius 1 is 1.21 bits per heavy atom. The lowest BCUT2D eigenvalue weighted by atomic mass is 9.91. The van der Waals surface area contributed by atoms with Crippen LogP contribution in [0.5, 0.6) is 11.5 Å². The lowest BCUT2D eigenvalue weighted by Crippen LogP contribution is -2.29. The highest BCUT2D eigenvalue weighted by Gasteiger charge is 2.27. The molecule has 2 heterocycles. The number of rotatable bonds is 7. The number of carbonyl (C=O) groups excluding carboxylic acids is 1. The molecule has 0 bridgehead atoms. The summed E-state index contributed by atoms with van der Waals surface area (Å²) in [5, 5.41) is 13.4. The van der Waals surface area contributed by atoms with Crippen molar-refractivity contribution < 1.29 is 19.1 Å². The van der Waals surface area contributed by atoms with Gasteiger partial charge in [0.15, 0.2) is 5.76 Å². The van der Waals surface area contributed by atoms with E-state index in [4.69, 9.17) is 9.15 Å². The molecule has 2 aromatic heterocycles. The highest BCUT2D eigenvalue weighted by molar-refractivity contribution is 5.78. The molecule has 0 spiro atoms. The minimum absolute atomic E-state index is 0.0448. The number of methoxy groups -OCH3 is 1. The smallest absolute Gasteiger partial charge is 0.227 e. The number of ether oxygens (including phenoxy) is 1. The van der Waals surface area contributed by atoms with Crippen LogP contribution >= 0.6 is 0 Å². The summed E-state index contributed by atoms with van der Waals surface area (Å²) in [5.74, 6) is 0.225. The van der Waals surface area contributed by atoms with Gasteiger partial charge in [-0.05, 0) is 43.7 Å². The molecule has 170 valence electrons. The van der Waals surface area contributed by atoms with Crippen LogP contribution in [0.3, 0.4) is 0 Å². The number of aromatic nitrogens is 2. The van der Waals surface area contributed by atoms with Crippen molar-refractivity contribution in [1.29, 1.82) is 0 Å². The number of hydrogen-bond donors (Lipinski definition) is 3. The quantitative estimate of drug-likeness (QED) is 0.395. The topological polar surface area (TPSA) is 117 Å². The molecule has 0 aliphatic carbocycles. The Labute approximate surface area is 190 Å². The van der Waals surface area contributed by atoms with Crippen LogP contribution in [0.1, 0.15) is 48.2 Å². The van der Waals surface area contributed by atoms with E-state index in [0.29, 0.717) is 22.9 Å². The van der Waals surface area contributed by atoms with Gasteiger partial charge >= 0.3 is 0 Å². The van der Waals surface area contributed by atoms with Crippen molar-refractivity contribution in [3.8, 4) is 11.5 Å². The maximum absolute atomic E-state index is 13.0. The molecule has 8 nitrogen and oxygen atoms in total. The first-order chi connectivity index (χ1) is 15.9. The fourth-order valence-corrected chi connectivity index (χ4v) is 3.79. The molecule has 4 aromatic rings. The number of carbonyl (C=O) groups is 1. The lowest BCUT2D eigenvalue weighted by Gasteiger charge is -2.19. The Balaban J connectivity index is 1.61. The number of benzene rings is 2. The number of nitrogens with zero attached hydrogens (tertiary/aromatic N) is 1. The second kappa shape index (κ2) is 9.20. The summed E-state index contributed by atoms with van der Waals surface area (Å²) in [6, 6.07) is 15.5. The van der Waals surface area contributed by atoms with Crippen molar-refractivity contribution in [3.05, 3.63) is 87.7 Å². The number of H-pyrrole nitrogens is 1. The van der Waals surface area contributed by atoms with Gasteiger partial charge in [0.2, 0.25) is 17.1 Å². The molecule has 2 atom stereocenters. The van der Waals surface area contributed by atoms with Crippen LogP contribution in [-0.2, 0) is 4.79 Å². The zero-order chi connectivity index (χ0) is 23.5. The fraction of sp³-hybridized carbons (Fsp3) is 0.240. The Morgan fingerprint density at radius 3 is 2.64 bits per heavy atom. The van der Waals surface area contributed by atoms with Crippen LogP contribution in [0, 0.1) is 6.92 Å². The van der Waals surface area contributed by atoms with Gasteiger partial charge in [0, 0.05) is 12.5 Å². The number of para-hydroxylation sites is 2. The Hall–Kier alpha value is -4.07. The predicted octanol–water partition coefficient (Wildman–Crippen LogP) is 3.94. The van der Waals surface area contributed by atoms with E-state index in [2.05, 4.69) is 15.3 Å². The first-order valence-corrected chi connectivity index (χ1v) is 10.6. The summed E-state index contributed by atoms with van der Waals surface area (Å²) >= 11 is 0. The molecule has 2 aromatic carbocycles. The number of hydrogen-bond acceptors (Lipinski definition) is 6. The normalized spacial score (nSPS) is 12.9. The van der Waals surface area contributed by atoms with Crippen LogP contribution in [0.2, 0.25) is 0 Å². The molecular formula is C25H25N3O5. The van der Waals surface area contributed by atoms with Crippen molar-refractivity contribution in [2.24, 2.45) is 0 Å². The maximum Gasteiger partial charge on any atom is 0.227 e. The van der Waals surface area contributed by atoms with Gasteiger partial charge in [-0.1, -0.05) is 24.3 Å². The SMILES string of the molecule is COc1ccc(C(CC(=O)N[C@@H](C)c2nc3ccccc3[nH]2)c2oc(C)cc(=O)c2O)cc1. The van der Waals surface area contributed by atoms with Gasteiger partial charge in [-0.25, -0.2) is 4.98 Å². The van der Waals surface area contributed by atoms with E-state index in [-0.39, 0.29) is 24.1 Å². The molecule has 3 N–H and O–H groups in total. The zero-order valence-corrected chi connectivity index (χ0v) is 18.6. The van der Waals surface area contributed by atoms with E-state index >= 15 is 0 Å². The van der Waals surface area contributed by atoms with Gasteiger partial charge in [-0.15, -0.1) is 0 Å².